The molecule has 1 atom stereocenters. The van der Waals surface area contributed by atoms with Crippen molar-refractivity contribution in [1.29, 1.82) is 0 Å². The molecule has 0 aliphatic heterocycles. The number of esters is 1. The van der Waals surface area contributed by atoms with Crippen LogP contribution in [0.25, 0.3) is 10.2 Å². The zero-order valence-corrected chi connectivity index (χ0v) is 17.6. The molecule has 2 rings (SSSR count). The second kappa shape index (κ2) is 9.17. The van der Waals surface area contributed by atoms with E-state index in [-0.39, 0.29) is 18.2 Å². The monoisotopic (exact) mass is 451 g/mol. The highest BCUT2D eigenvalue weighted by Crippen LogP contribution is 2.37. The Kier molecular flexibility index (Phi) is 7.34. The van der Waals surface area contributed by atoms with Crippen LogP contribution in [0.5, 0.6) is 0 Å². The van der Waals surface area contributed by atoms with Gasteiger partial charge in [0.2, 0.25) is 5.91 Å². The van der Waals surface area contributed by atoms with Crippen LogP contribution < -0.4 is 10.6 Å². The summed E-state index contributed by atoms with van der Waals surface area (Å²) in [4.78, 5) is 28.7. The Labute approximate surface area is 174 Å². The maximum Gasteiger partial charge on any atom is 0.442 e. The third-order valence-electron chi connectivity index (χ3n) is 4.13. The molecule has 0 saturated heterocycles. The summed E-state index contributed by atoms with van der Waals surface area (Å²) in [5.41, 5.74) is -2.46. The zero-order valence-electron chi connectivity index (χ0n) is 16.1. The molecule has 0 aliphatic carbocycles. The average molecular weight is 452 g/mol. The Balaban J connectivity index is 2.52. The lowest BCUT2D eigenvalue weighted by atomic mass is 10.1. The number of halogens is 4. The van der Waals surface area contributed by atoms with Crippen LogP contribution in [0.15, 0.2) is 12.1 Å². The van der Waals surface area contributed by atoms with Crippen LogP contribution in [0.2, 0.25) is 5.02 Å². The lowest BCUT2D eigenvalue weighted by Crippen LogP contribution is -2.69. The number of carbonyl (C=O) groups is 2. The largest absolute Gasteiger partial charge is 0.463 e. The van der Waals surface area contributed by atoms with Crippen molar-refractivity contribution in [3.05, 3.63) is 22.7 Å². The van der Waals surface area contributed by atoms with Crippen LogP contribution in [0, 0.1) is 6.92 Å². The number of thiazole rings is 1. The van der Waals surface area contributed by atoms with Crippen molar-refractivity contribution < 1.29 is 27.5 Å². The van der Waals surface area contributed by atoms with Crippen molar-refractivity contribution in [3.8, 4) is 0 Å². The number of fused-ring (bicyclic) bond motifs is 1. The number of hydrogen-bond acceptors (Lipinski definition) is 6. The normalized spacial score (nSPS) is 13.8. The van der Waals surface area contributed by atoms with Crippen molar-refractivity contribution in [1.82, 2.24) is 10.3 Å². The van der Waals surface area contributed by atoms with Gasteiger partial charge in [0.15, 0.2) is 5.13 Å². The predicted octanol–water partition coefficient (Wildman–Crippen LogP) is 4.80. The van der Waals surface area contributed by atoms with Crippen LogP contribution >= 0.6 is 22.9 Å². The van der Waals surface area contributed by atoms with E-state index >= 15 is 0 Å². The van der Waals surface area contributed by atoms with Crippen LogP contribution in [-0.2, 0) is 14.3 Å². The highest BCUT2D eigenvalue weighted by molar-refractivity contribution is 7.22. The molecule has 0 radical (unpaired) electrons. The SMILES string of the molecule is CCCCC(=O)N[C@@](Nc1nc2c(C)c(Cl)ccc2s1)(C(=O)OCC)C(F)(F)F. The molecule has 160 valence electrons. The summed E-state index contributed by atoms with van der Waals surface area (Å²) in [5, 5.41) is 4.10. The van der Waals surface area contributed by atoms with Gasteiger partial charge in [-0.05, 0) is 38.0 Å². The molecule has 0 bridgehead atoms. The van der Waals surface area contributed by atoms with Crippen LogP contribution in [0.3, 0.4) is 0 Å². The number of ether oxygens (including phenoxy) is 1. The molecule has 0 unspecified atom stereocenters. The van der Waals surface area contributed by atoms with Gasteiger partial charge in [-0.3, -0.25) is 4.79 Å². The molecule has 0 fully saturated rings. The van der Waals surface area contributed by atoms with Gasteiger partial charge in [0.25, 0.3) is 0 Å². The third-order valence-corrected chi connectivity index (χ3v) is 5.48. The Morgan fingerprint density at radius 2 is 1.97 bits per heavy atom. The van der Waals surface area contributed by atoms with Crippen molar-refractivity contribution in [2.24, 2.45) is 0 Å². The van der Waals surface area contributed by atoms with Gasteiger partial charge in [-0.1, -0.05) is 36.3 Å². The van der Waals surface area contributed by atoms with Gasteiger partial charge in [0.05, 0.1) is 16.8 Å². The fraction of sp³-hybridized carbons (Fsp3) is 0.500. The topological polar surface area (TPSA) is 80.3 Å². The molecule has 2 aromatic rings. The molecule has 1 aromatic heterocycles. The molecular formula is C18H21ClF3N3O3S. The van der Waals surface area contributed by atoms with E-state index < -0.39 is 23.7 Å². The van der Waals surface area contributed by atoms with Crippen LogP contribution in [0.1, 0.15) is 38.7 Å². The predicted molar refractivity (Wildman–Crippen MR) is 106 cm³/mol. The van der Waals surface area contributed by atoms with E-state index in [0.29, 0.717) is 33.6 Å². The molecule has 29 heavy (non-hydrogen) atoms. The molecule has 11 heteroatoms. The van der Waals surface area contributed by atoms with E-state index in [9.17, 15) is 22.8 Å². The highest BCUT2D eigenvalue weighted by Gasteiger charge is 2.64. The number of carbonyl (C=O) groups excluding carboxylic acids is 2. The minimum Gasteiger partial charge on any atom is -0.463 e. The van der Waals surface area contributed by atoms with E-state index in [1.54, 1.807) is 31.3 Å². The molecule has 2 N–H and O–H groups in total. The van der Waals surface area contributed by atoms with E-state index in [4.69, 9.17) is 11.6 Å². The van der Waals surface area contributed by atoms with Crippen LogP contribution in [0.4, 0.5) is 18.3 Å². The van der Waals surface area contributed by atoms with E-state index in [1.165, 1.54) is 6.92 Å². The molecule has 6 nitrogen and oxygen atoms in total. The van der Waals surface area contributed by atoms with Gasteiger partial charge in [0, 0.05) is 11.4 Å². The number of anilines is 1. The summed E-state index contributed by atoms with van der Waals surface area (Å²) < 4.78 is 47.5. The highest BCUT2D eigenvalue weighted by atomic mass is 35.5. The van der Waals surface area contributed by atoms with Gasteiger partial charge in [-0.15, -0.1) is 0 Å². The first-order chi connectivity index (χ1) is 13.6. The Bertz CT molecular complexity index is 904. The lowest BCUT2D eigenvalue weighted by Gasteiger charge is -2.34. The van der Waals surface area contributed by atoms with Crippen molar-refractivity contribution in [3.63, 3.8) is 0 Å². The molecule has 1 aromatic carbocycles. The fourth-order valence-corrected chi connectivity index (χ4v) is 3.69. The number of nitrogens with zero attached hydrogens (tertiary/aromatic N) is 1. The maximum absolute atomic E-state index is 14.1. The number of aryl methyl sites for hydroxylation is 1. The smallest absolute Gasteiger partial charge is 0.442 e. The molecule has 0 saturated carbocycles. The standard InChI is InChI=1S/C18H21ClF3N3O3S/c1-4-6-7-13(26)24-17(18(20,21)22,15(27)28-5-2)25-16-23-14-10(3)11(19)8-9-12(14)29-16/h8-9H,4-7H2,1-3H3,(H,23,25)(H,24,26)/t17-/m1/s1. The molecular weight excluding hydrogens is 431 g/mol. The average Bonchev–Trinajstić information content (AvgIpc) is 3.05. The number of amides is 1. The zero-order chi connectivity index (χ0) is 21.8. The second-order valence-electron chi connectivity index (χ2n) is 6.28. The minimum absolute atomic E-state index is 0.163. The first-order valence-corrected chi connectivity index (χ1v) is 10.1. The van der Waals surface area contributed by atoms with Gasteiger partial charge < -0.3 is 15.4 Å². The van der Waals surface area contributed by atoms with E-state index in [0.717, 1.165) is 11.3 Å². The second-order valence-corrected chi connectivity index (χ2v) is 7.72. The number of rotatable bonds is 8. The number of unbranched alkanes of at least 4 members (excludes halogenated alkanes) is 1. The van der Waals surface area contributed by atoms with E-state index in [1.807, 2.05) is 0 Å². The summed E-state index contributed by atoms with van der Waals surface area (Å²) in [7, 11) is 0. The molecule has 0 aliphatic rings. The number of hydrogen-bond donors (Lipinski definition) is 2. The van der Waals surface area contributed by atoms with Gasteiger partial charge in [-0.2, -0.15) is 13.2 Å². The summed E-state index contributed by atoms with van der Waals surface area (Å²) in [6.45, 7) is 4.56. The Morgan fingerprint density at radius 3 is 2.55 bits per heavy atom. The van der Waals surface area contributed by atoms with Crippen LogP contribution in [-0.4, -0.2) is 35.3 Å². The molecule has 0 spiro atoms. The third kappa shape index (κ3) is 4.92. The summed E-state index contributed by atoms with van der Waals surface area (Å²) >= 11 is 6.95. The number of alkyl halides is 3. The fourth-order valence-electron chi connectivity index (χ4n) is 2.55. The number of aromatic nitrogens is 1. The first-order valence-electron chi connectivity index (χ1n) is 8.94. The molecule has 1 heterocycles. The van der Waals surface area contributed by atoms with E-state index in [2.05, 4.69) is 15.0 Å². The van der Waals surface area contributed by atoms with Gasteiger partial charge in [0.1, 0.15) is 0 Å². The maximum atomic E-state index is 14.1. The Morgan fingerprint density at radius 1 is 1.28 bits per heavy atom. The quantitative estimate of drug-likeness (QED) is 0.445. The summed E-state index contributed by atoms with van der Waals surface area (Å²) in [5.74, 6) is -2.59. The summed E-state index contributed by atoms with van der Waals surface area (Å²) in [6, 6.07) is 3.23. The van der Waals surface area contributed by atoms with Crippen molar-refractivity contribution in [2.75, 3.05) is 11.9 Å². The van der Waals surface area contributed by atoms with Gasteiger partial charge in [-0.25, -0.2) is 9.78 Å². The van der Waals surface area contributed by atoms with Crippen molar-refractivity contribution in [2.45, 2.75) is 51.9 Å². The van der Waals surface area contributed by atoms with Gasteiger partial charge >= 0.3 is 17.8 Å². The minimum atomic E-state index is -5.19. The Hall–Kier alpha value is -2.07. The van der Waals surface area contributed by atoms with Crippen molar-refractivity contribution >= 4 is 50.2 Å². The lowest BCUT2D eigenvalue weighted by molar-refractivity contribution is -0.207. The number of nitrogens with one attached hydrogen (secondary N) is 2. The number of benzene rings is 1. The first kappa shape index (κ1) is 23.2. The summed E-state index contributed by atoms with van der Waals surface area (Å²) in [6.07, 6.45) is -4.37. The molecule has 1 amide bonds.